The molecule has 3 aromatic heterocycles. The quantitative estimate of drug-likeness (QED) is 0.530. The maximum atomic E-state index is 8.58. The molecule has 0 spiro atoms. The summed E-state index contributed by atoms with van der Waals surface area (Å²) in [4.78, 5) is 13.1. The number of nitrogens with one attached hydrogen (secondary N) is 1. The fraction of sp³-hybridized carbons (Fsp3) is 0.200. The van der Waals surface area contributed by atoms with Crippen molar-refractivity contribution in [3.05, 3.63) is 54.7 Å². The zero-order valence-corrected chi connectivity index (χ0v) is 15.4. The van der Waals surface area contributed by atoms with Crippen molar-refractivity contribution in [1.82, 2.24) is 19.6 Å². The zero-order chi connectivity index (χ0) is 19.5. The van der Waals surface area contributed by atoms with Gasteiger partial charge in [-0.05, 0) is 37.1 Å². The summed E-state index contributed by atoms with van der Waals surface area (Å²) in [5, 5.41) is 11.5. The first-order chi connectivity index (χ1) is 13.7. The summed E-state index contributed by atoms with van der Waals surface area (Å²) in [5.41, 5.74) is 9.24. The highest BCUT2D eigenvalue weighted by Crippen LogP contribution is 2.29. The molecular weight excluding hydrogens is 356 g/mol. The van der Waals surface area contributed by atoms with Crippen molar-refractivity contribution in [1.29, 1.82) is 0 Å². The summed E-state index contributed by atoms with van der Waals surface area (Å²) in [7, 11) is 0. The molecule has 4 aromatic rings. The maximum absolute atomic E-state index is 8.58. The molecule has 3 heterocycles. The number of aryl methyl sites for hydroxylation is 1. The molecule has 1 saturated carbocycles. The van der Waals surface area contributed by atoms with Crippen molar-refractivity contribution in [3.63, 3.8) is 0 Å². The van der Waals surface area contributed by atoms with E-state index in [1.54, 1.807) is 6.92 Å². The van der Waals surface area contributed by atoms with Gasteiger partial charge in [0, 0.05) is 36.0 Å². The van der Waals surface area contributed by atoms with Crippen molar-refractivity contribution in [2.24, 2.45) is 5.73 Å². The van der Waals surface area contributed by atoms with E-state index in [2.05, 4.69) is 54.9 Å². The second-order valence-electron chi connectivity index (χ2n) is 6.55. The Bertz CT molecular complexity index is 1110. The predicted octanol–water partition coefficient (Wildman–Crippen LogP) is 3.04. The summed E-state index contributed by atoms with van der Waals surface area (Å²) in [6.07, 6.45) is 6.66. The number of nitrogens with two attached hydrogens (primary N) is 1. The standard InChI is InChI=1S/C19H17N5O.CH3NO/c1-12-22-23-19(25-12)14-7-8-24-17(11-20-18(24)10-14)13-3-2-4-16(9-13)21-15-5-6-15;2-1-3/h2-4,7-11,15,21H,5-6H2,1H3;1H,(H2,2,3). The number of benzene rings is 1. The number of hydrogen-bond donors (Lipinski definition) is 2. The van der Waals surface area contributed by atoms with E-state index >= 15 is 0 Å². The molecule has 28 heavy (non-hydrogen) atoms. The molecule has 1 amide bonds. The zero-order valence-electron chi connectivity index (χ0n) is 15.4. The van der Waals surface area contributed by atoms with Crippen molar-refractivity contribution in [2.45, 2.75) is 25.8 Å². The SMILES string of the molecule is Cc1nnc(-c2ccn3c(-c4cccc(NC5CC5)c4)cnc3c2)o1.NC=O. The largest absolute Gasteiger partial charge is 0.421 e. The van der Waals surface area contributed by atoms with E-state index in [9.17, 15) is 0 Å². The third-order valence-electron chi connectivity index (χ3n) is 4.39. The van der Waals surface area contributed by atoms with Crippen molar-refractivity contribution < 1.29 is 9.21 Å². The summed E-state index contributed by atoms with van der Waals surface area (Å²) < 4.78 is 7.57. The van der Waals surface area contributed by atoms with Crippen molar-refractivity contribution in [3.8, 4) is 22.7 Å². The molecule has 0 bridgehead atoms. The molecule has 3 N–H and O–H groups in total. The minimum atomic E-state index is 0.250. The Hall–Kier alpha value is -3.68. The Kier molecular flexibility index (Phi) is 4.76. The highest BCUT2D eigenvalue weighted by atomic mass is 16.4. The molecule has 142 valence electrons. The third kappa shape index (κ3) is 3.71. The van der Waals surface area contributed by atoms with Crippen LogP contribution >= 0.6 is 0 Å². The number of carbonyl (C=O) groups excluding carboxylic acids is 1. The third-order valence-corrected chi connectivity index (χ3v) is 4.39. The number of pyridine rings is 1. The van der Waals surface area contributed by atoms with Crippen molar-refractivity contribution in [2.75, 3.05) is 5.32 Å². The van der Waals surface area contributed by atoms with Gasteiger partial charge in [0.05, 0.1) is 11.9 Å². The van der Waals surface area contributed by atoms with Gasteiger partial charge < -0.3 is 15.5 Å². The number of anilines is 1. The van der Waals surface area contributed by atoms with Gasteiger partial charge in [-0.25, -0.2) is 4.98 Å². The van der Waals surface area contributed by atoms with Crippen LogP contribution in [0.4, 0.5) is 5.69 Å². The molecule has 0 radical (unpaired) electrons. The number of primary amides is 1. The lowest BCUT2D eigenvalue weighted by Gasteiger charge is -2.07. The average Bonchev–Trinajstić information content (AvgIpc) is 3.24. The summed E-state index contributed by atoms with van der Waals surface area (Å²) in [6, 6.07) is 13.0. The van der Waals surface area contributed by atoms with Gasteiger partial charge in [0.15, 0.2) is 0 Å². The van der Waals surface area contributed by atoms with Crippen LogP contribution in [0, 0.1) is 6.92 Å². The van der Waals surface area contributed by atoms with Crippen LogP contribution in [0.25, 0.3) is 28.4 Å². The number of nitrogens with zero attached hydrogens (tertiary/aromatic N) is 4. The number of hydrogen-bond acceptors (Lipinski definition) is 6. The summed E-state index contributed by atoms with van der Waals surface area (Å²) in [5.74, 6) is 1.07. The van der Waals surface area contributed by atoms with Crippen LogP contribution < -0.4 is 11.1 Å². The second-order valence-corrected chi connectivity index (χ2v) is 6.55. The fourth-order valence-corrected chi connectivity index (χ4v) is 2.97. The van der Waals surface area contributed by atoms with Gasteiger partial charge in [-0.1, -0.05) is 12.1 Å². The highest BCUT2D eigenvalue weighted by molar-refractivity contribution is 5.70. The molecule has 8 heteroatoms. The fourth-order valence-electron chi connectivity index (χ4n) is 2.97. The molecular formula is C20H20N6O2. The van der Waals surface area contributed by atoms with E-state index in [1.807, 2.05) is 24.5 Å². The molecule has 1 aliphatic rings. The van der Waals surface area contributed by atoms with E-state index in [1.165, 1.54) is 12.8 Å². The average molecular weight is 376 g/mol. The Morgan fingerprint density at radius 1 is 1.21 bits per heavy atom. The monoisotopic (exact) mass is 376 g/mol. The van der Waals surface area contributed by atoms with Crippen LogP contribution in [-0.2, 0) is 4.79 Å². The molecule has 5 rings (SSSR count). The number of carbonyl (C=O) groups is 1. The van der Waals surface area contributed by atoms with Gasteiger partial charge in [0.1, 0.15) is 5.65 Å². The molecule has 0 saturated heterocycles. The maximum Gasteiger partial charge on any atom is 0.247 e. The number of fused-ring (bicyclic) bond motifs is 1. The molecule has 1 aromatic carbocycles. The van der Waals surface area contributed by atoms with Crippen LogP contribution in [0.15, 0.2) is 53.2 Å². The van der Waals surface area contributed by atoms with Gasteiger partial charge in [-0.3, -0.25) is 9.20 Å². The van der Waals surface area contributed by atoms with Crippen LogP contribution in [0.1, 0.15) is 18.7 Å². The Morgan fingerprint density at radius 2 is 2.04 bits per heavy atom. The van der Waals surface area contributed by atoms with Gasteiger partial charge >= 0.3 is 0 Å². The molecule has 0 unspecified atom stereocenters. The second kappa shape index (κ2) is 7.51. The van der Waals surface area contributed by atoms with Gasteiger partial charge in [0.25, 0.3) is 0 Å². The number of rotatable bonds is 4. The van der Waals surface area contributed by atoms with Crippen molar-refractivity contribution >= 4 is 17.7 Å². The van der Waals surface area contributed by atoms with Crippen LogP contribution in [0.2, 0.25) is 0 Å². The lowest BCUT2D eigenvalue weighted by atomic mass is 10.1. The highest BCUT2D eigenvalue weighted by Gasteiger charge is 2.20. The number of aromatic nitrogens is 4. The molecule has 1 fully saturated rings. The first-order valence-corrected chi connectivity index (χ1v) is 8.98. The Labute approximate surface area is 161 Å². The van der Waals surface area contributed by atoms with Crippen LogP contribution in [-0.4, -0.2) is 32.0 Å². The molecule has 8 nitrogen and oxygen atoms in total. The first-order valence-electron chi connectivity index (χ1n) is 8.98. The van der Waals surface area contributed by atoms with Crippen LogP contribution in [0.5, 0.6) is 0 Å². The topological polar surface area (TPSA) is 111 Å². The van der Waals surface area contributed by atoms with Gasteiger partial charge in [0.2, 0.25) is 18.2 Å². The molecule has 1 aliphatic carbocycles. The Morgan fingerprint density at radius 3 is 2.75 bits per heavy atom. The van der Waals surface area contributed by atoms with E-state index in [0.717, 1.165) is 28.2 Å². The minimum Gasteiger partial charge on any atom is -0.421 e. The van der Waals surface area contributed by atoms with E-state index in [0.29, 0.717) is 17.8 Å². The Balaban J connectivity index is 0.000000604. The summed E-state index contributed by atoms with van der Waals surface area (Å²) in [6.45, 7) is 1.78. The number of imidazole rings is 1. The van der Waals surface area contributed by atoms with E-state index in [-0.39, 0.29) is 6.41 Å². The molecule has 0 atom stereocenters. The van der Waals surface area contributed by atoms with Gasteiger partial charge in [-0.2, -0.15) is 0 Å². The summed E-state index contributed by atoms with van der Waals surface area (Å²) >= 11 is 0. The van der Waals surface area contributed by atoms with E-state index < -0.39 is 0 Å². The van der Waals surface area contributed by atoms with E-state index in [4.69, 9.17) is 9.21 Å². The lowest BCUT2D eigenvalue weighted by Crippen LogP contribution is -2.00. The molecule has 0 aliphatic heterocycles. The minimum absolute atomic E-state index is 0.250. The predicted molar refractivity (Wildman–Crippen MR) is 106 cm³/mol. The smallest absolute Gasteiger partial charge is 0.247 e. The van der Waals surface area contributed by atoms with Crippen LogP contribution in [0.3, 0.4) is 0 Å². The number of amides is 1. The normalized spacial score (nSPS) is 13.0. The first kappa shape index (κ1) is 17.7. The van der Waals surface area contributed by atoms with Gasteiger partial charge in [-0.15, -0.1) is 10.2 Å². The lowest BCUT2D eigenvalue weighted by molar-refractivity contribution is -0.106.